The van der Waals surface area contributed by atoms with Crippen molar-refractivity contribution in [2.45, 2.75) is 19.9 Å². The van der Waals surface area contributed by atoms with Gasteiger partial charge in [-0.2, -0.15) is 10.1 Å². The number of thiophene rings is 1. The van der Waals surface area contributed by atoms with Gasteiger partial charge >= 0.3 is 0 Å². The monoisotopic (exact) mass is 363 g/mol. The molecule has 0 aliphatic carbocycles. The summed E-state index contributed by atoms with van der Waals surface area (Å²) in [5.74, 6) is 0.901. The minimum Gasteiger partial charge on any atom is -0.377 e. The van der Waals surface area contributed by atoms with Crippen LogP contribution in [0.4, 0.5) is 5.82 Å². The molecule has 0 spiro atoms. The third kappa shape index (κ3) is 2.56. The normalized spacial score (nSPS) is 18.5. The molecule has 0 saturated carbocycles. The van der Waals surface area contributed by atoms with E-state index in [9.17, 15) is 0 Å². The lowest BCUT2D eigenvalue weighted by molar-refractivity contribution is 0.0987. The minimum absolute atomic E-state index is 0.263. The average Bonchev–Trinajstić information content (AvgIpc) is 3.09. The van der Waals surface area contributed by atoms with E-state index in [1.807, 2.05) is 24.9 Å². The molecule has 1 fully saturated rings. The van der Waals surface area contributed by atoms with E-state index in [2.05, 4.69) is 32.3 Å². The zero-order valence-corrected chi connectivity index (χ0v) is 15.4. The molecule has 24 heavy (non-hydrogen) atoms. The second kappa shape index (κ2) is 5.98. The number of rotatable bonds is 2. The number of aryl methyl sites for hydroxylation is 2. The molecule has 3 aromatic heterocycles. The molecule has 0 unspecified atom stereocenters. The van der Waals surface area contributed by atoms with Crippen molar-refractivity contribution in [3.8, 4) is 11.1 Å². The van der Waals surface area contributed by atoms with Crippen molar-refractivity contribution in [2.75, 3.05) is 24.7 Å². The van der Waals surface area contributed by atoms with Gasteiger partial charge in [-0.1, -0.05) is 0 Å². The van der Waals surface area contributed by atoms with E-state index in [1.54, 1.807) is 11.3 Å². The third-order valence-electron chi connectivity index (χ3n) is 4.31. The zero-order valence-electron chi connectivity index (χ0n) is 13.8. The van der Waals surface area contributed by atoms with E-state index in [0.29, 0.717) is 13.2 Å². The van der Waals surface area contributed by atoms with Crippen LogP contribution in [0.2, 0.25) is 5.28 Å². The summed E-state index contributed by atoms with van der Waals surface area (Å²) in [7, 11) is 1.92. The number of halogens is 1. The van der Waals surface area contributed by atoms with Gasteiger partial charge in [0.15, 0.2) is 5.82 Å². The molecule has 4 rings (SSSR count). The van der Waals surface area contributed by atoms with Crippen LogP contribution in [0.5, 0.6) is 0 Å². The number of hydrogen-bond donors (Lipinski definition) is 0. The molecule has 0 N–H and O–H groups in total. The molecule has 126 valence electrons. The standard InChI is InChI=1S/C16H18ClN5OS/c1-9-7-23-5-4-22(9)15-14-13(18-16(17)19-15)12(8-24-14)11-6-21(3)20-10(11)2/h6,8-9H,4-5,7H2,1-3H3/t9-/m1/s1. The van der Waals surface area contributed by atoms with E-state index in [-0.39, 0.29) is 11.3 Å². The van der Waals surface area contributed by atoms with Crippen molar-refractivity contribution in [3.63, 3.8) is 0 Å². The van der Waals surface area contributed by atoms with Gasteiger partial charge < -0.3 is 9.64 Å². The molecule has 0 aromatic carbocycles. The van der Waals surface area contributed by atoms with Crippen molar-refractivity contribution < 1.29 is 4.74 Å². The summed E-state index contributed by atoms with van der Waals surface area (Å²) in [5.41, 5.74) is 4.02. The molecule has 0 amide bonds. The third-order valence-corrected chi connectivity index (χ3v) is 5.45. The van der Waals surface area contributed by atoms with Crippen LogP contribution in [-0.4, -0.2) is 45.5 Å². The van der Waals surface area contributed by atoms with Crippen molar-refractivity contribution in [1.82, 2.24) is 19.7 Å². The Bertz CT molecular complexity index is 905. The molecule has 0 bridgehead atoms. The topological polar surface area (TPSA) is 56.1 Å². The summed E-state index contributed by atoms with van der Waals surface area (Å²) in [6.07, 6.45) is 2.02. The van der Waals surface area contributed by atoms with Crippen molar-refractivity contribution in [2.24, 2.45) is 7.05 Å². The molecule has 1 saturated heterocycles. The zero-order chi connectivity index (χ0) is 16.8. The van der Waals surface area contributed by atoms with E-state index in [0.717, 1.165) is 39.4 Å². The van der Waals surface area contributed by atoms with E-state index in [1.165, 1.54) is 0 Å². The van der Waals surface area contributed by atoms with Gasteiger partial charge in [0.25, 0.3) is 0 Å². The Kier molecular flexibility index (Phi) is 3.94. The molecule has 0 radical (unpaired) electrons. The highest BCUT2D eigenvalue weighted by Gasteiger charge is 2.25. The number of anilines is 1. The van der Waals surface area contributed by atoms with Crippen molar-refractivity contribution in [1.29, 1.82) is 0 Å². The lowest BCUT2D eigenvalue weighted by atomic mass is 10.1. The first-order valence-corrected chi connectivity index (χ1v) is 9.10. The van der Waals surface area contributed by atoms with Crippen molar-refractivity contribution in [3.05, 3.63) is 22.6 Å². The van der Waals surface area contributed by atoms with Gasteiger partial charge in [0.2, 0.25) is 5.28 Å². The molecule has 3 aromatic rings. The predicted molar refractivity (Wildman–Crippen MR) is 97.0 cm³/mol. The molecule has 1 aliphatic heterocycles. The Hall–Kier alpha value is -1.70. The second-order valence-corrected chi connectivity index (χ2v) is 7.28. The fraction of sp³-hybridized carbons (Fsp3) is 0.438. The fourth-order valence-electron chi connectivity index (χ4n) is 3.17. The lowest BCUT2D eigenvalue weighted by Crippen LogP contribution is -2.44. The summed E-state index contributed by atoms with van der Waals surface area (Å²) < 4.78 is 8.43. The maximum Gasteiger partial charge on any atom is 0.224 e. The Labute approximate surface area is 149 Å². The fourth-order valence-corrected chi connectivity index (χ4v) is 4.34. The first kappa shape index (κ1) is 15.8. The number of aromatic nitrogens is 4. The molecule has 1 aliphatic rings. The van der Waals surface area contributed by atoms with Crippen LogP contribution >= 0.6 is 22.9 Å². The van der Waals surface area contributed by atoms with Gasteiger partial charge in [0, 0.05) is 36.3 Å². The van der Waals surface area contributed by atoms with Crippen LogP contribution in [0.15, 0.2) is 11.6 Å². The van der Waals surface area contributed by atoms with Gasteiger partial charge in [0.05, 0.1) is 35.2 Å². The highest BCUT2D eigenvalue weighted by molar-refractivity contribution is 7.18. The van der Waals surface area contributed by atoms with Gasteiger partial charge in [-0.05, 0) is 25.4 Å². The summed E-state index contributed by atoms with van der Waals surface area (Å²) >= 11 is 7.91. The Balaban J connectivity index is 1.90. The Morgan fingerprint density at radius 2 is 2.17 bits per heavy atom. The summed E-state index contributed by atoms with van der Waals surface area (Å²) in [5, 5.41) is 6.83. The van der Waals surface area contributed by atoms with Crippen LogP contribution in [0.1, 0.15) is 12.6 Å². The number of hydrogen-bond acceptors (Lipinski definition) is 6. The lowest BCUT2D eigenvalue weighted by Gasteiger charge is -2.34. The van der Waals surface area contributed by atoms with Gasteiger partial charge in [-0.3, -0.25) is 4.68 Å². The molecule has 1 atom stereocenters. The average molecular weight is 364 g/mol. The van der Waals surface area contributed by atoms with Gasteiger partial charge in [-0.15, -0.1) is 11.3 Å². The number of nitrogens with zero attached hydrogens (tertiary/aromatic N) is 5. The first-order chi connectivity index (χ1) is 11.5. The summed E-state index contributed by atoms with van der Waals surface area (Å²) in [6.45, 7) is 6.35. The quantitative estimate of drug-likeness (QED) is 0.654. The highest BCUT2D eigenvalue weighted by Crippen LogP contribution is 2.39. The van der Waals surface area contributed by atoms with Gasteiger partial charge in [-0.25, -0.2) is 4.98 Å². The van der Waals surface area contributed by atoms with Gasteiger partial charge in [0.1, 0.15) is 0 Å². The van der Waals surface area contributed by atoms with Crippen molar-refractivity contribution >= 4 is 39.0 Å². The number of morpholine rings is 1. The molecule has 6 nitrogen and oxygen atoms in total. The van der Waals surface area contributed by atoms with E-state index < -0.39 is 0 Å². The van der Waals surface area contributed by atoms with Crippen LogP contribution in [0, 0.1) is 6.92 Å². The Morgan fingerprint density at radius 1 is 1.33 bits per heavy atom. The van der Waals surface area contributed by atoms with E-state index in [4.69, 9.17) is 16.3 Å². The summed E-state index contributed by atoms with van der Waals surface area (Å²) in [6, 6.07) is 0.263. The molecular formula is C16H18ClN5OS. The predicted octanol–water partition coefficient (Wildman–Crippen LogP) is 3.28. The van der Waals surface area contributed by atoms with Crippen LogP contribution < -0.4 is 4.90 Å². The van der Waals surface area contributed by atoms with Crippen LogP contribution in [-0.2, 0) is 11.8 Å². The smallest absolute Gasteiger partial charge is 0.224 e. The SMILES string of the molecule is Cc1nn(C)cc1-c1csc2c(N3CCOC[C@H]3C)nc(Cl)nc12. The molecular weight excluding hydrogens is 346 g/mol. The van der Waals surface area contributed by atoms with Crippen LogP contribution in [0.3, 0.4) is 0 Å². The van der Waals surface area contributed by atoms with Crippen LogP contribution in [0.25, 0.3) is 21.3 Å². The first-order valence-electron chi connectivity index (χ1n) is 7.84. The molecule has 4 heterocycles. The number of ether oxygens (including phenoxy) is 1. The maximum atomic E-state index is 6.26. The van der Waals surface area contributed by atoms with E-state index >= 15 is 0 Å². The highest BCUT2D eigenvalue weighted by atomic mass is 35.5. The Morgan fingerprint density at radius 3 is 2.88 bits per heavy atom. The second-order valence-electron chi connectivity index (χ2n) is 6.06. The summed E-state index contributed by atoms with van der Waals surface area (Å²) in [4.78, 5) is 11.3. The minimum atomic E-state index is 0.263. The largest absolute Gasteiger partial charge is 0.377 e. The number of fused-ring (bicyclic) bond motifs is 1. The molecule has 8 heteroatoms. The maximum absolute atomic E-state index is 6.26.